The molecule has 0 spiro atoms. The Bertz CT molecular complexity index is 249. The van der Waals surface area contributed by atoms with Gasteiger partial charge in [0.2, 0.25) is 0 Å². The van der Waals surface area contributed by atoms with Crippen molar-refractivity contribution in [1.82, 2.24) is 0 Å². The Kier molecular flexibility index (Phi) is 2.13. The van der Waals surface area contributed by atoms with Crippen LogP contribution in [0.4, 0.5) is 0 Å². The second kappa shape index (κ2) is 2.70. The first kappa shape index (κ1) is 9.46. The Labute approximate surface area is 73.3 Å². The SMILES string of the molecule is CC1=C(C)[C@@H](O)CC(C)(C)C1=O. The second-order valence-electron chi connectivity index (χ2n) is 4.24. The number of carbonyl (C=O) groups is 1. The van der Waals surface area contributed by atoms with E-state index in [0.29, 0.717) is 6.42 Å². The van der Waals surface area contributed by atoms with Gasteiger partial charge >= 0.3 is 0 Å². The molecule has 0 aliphatic heterocycles. The molecule has 0 saturated heterocycles. The summed E-state index contributed by atoms with van der Waals surface area (Å²) in [4.78, 5) is 11.6. The quantitative estimate of drug-likeness (QED) is 0.597. The van der Waals surface area contributed by atoms with E-state index in [4.69, 9.17) is 0 Å². The van der Waals surface area contributed by atoms with Crippen LogP contribution in [0, 0.1) is 5.41 Å². The molecule has 1 aliphatic rings. The summed E-state index contributed by atoms with van der Waals surface area (Å²) in [5.74, 6) is 0.172. The second-order valence-corrected chi connectivity index (χ2v) is 4.24. The van der Waals surface area contributed by atoms with Crippen molar-refractivity contribution in [3.63, 3.8) is 0 Å². The molecule has 0 aromatic rings. The fourth-order valence-electron chi connectivity index (χ4n) is 1.67. The summed E-state index contributed by atoms with van der Waals surface area (Å²) in [6, 6.07) is 0. The molecule has 1 N–H and O–H groups in total. The van der Waals surface area contributed by atoms with Gasteiger partial charge in [-0.1, -0.05) is 13.8 Å². The minimum absolute atomic E-state index is 0.172. The summed E-state index contributed by atoms with van der Waals surface area (Å²) in [6.07, 6.45) is 0.118. The number of hydrogen-bond acceptors (Lipinski definition) is 2. The molecule has 12 heavy (non-hydrogen) atoms. The third-order valence-corrected chi connectivity index (χ3v) is 2.75. The number of allylic oxidation sites excluding steroid dienone is 1. The zero-order chi connectivity index (χ0) is 9.52. The van der Waals surface area contributed by atoms with E-state index in [0.717, 1.165) is 11.1 Å². The minimum atomic E-state index is -0.433. The molecule has 0 fully saturated rings. The van der Waals surface area contributed by atoms with E-state index in [1.807, 2.05) is 20.8 Å². The normalized spacial score (nSPS) is 29.4. The predicted octanol–water partition coefficient (Wildman–Crippen LogP) is 1.68. The van der Waals surface area contributed by atoms with Gasteiger partial charge in [0, 0.05) is 5.41 Å². The first-order valence-electron chi connectivity index (χ1n) is 4.26. The van der Waals surface area contributed by atoms with Crippen LogP contribution in [0.2, 0.25) is 0 Å². The summed E-state index contributed by atoms with van der Waals surface area (Å²) in [5, 5.41) is 9.59. The van der Waals surface area contributed by atoms with E-state index >= 15 is 0 Å². The van der Waals surface area contributed by atoms with Gasteiger partial charge in [-0.25, -0.2) is 0 Å². The zero-order valence-electron chi connectivity index (χ0n) is 8.14. The molecular weight excluding hydrogens is 152 g/mol. The number of hydrogen-bond donors (Lipinski definition) is 1. The number of rotatable bonds is 0. The predicted molar refractivity (Wildman–Crippen MR) is 47.8 cm³/mol. The van der Waals surface area contributed by atoms with Crippen molar-refractivity contribution in [2.24, 2.45) is 5.41 Å². The molecule has 2 heteroatoms. The molecule has 0 bridgehead atoms. The topological polar surface area (TPSA) is 37.3 Å². The molecule has 68 valence electrons. The average Bonchev–Trinajstić information content (AvgIpc) is 1.97. The lowest BCUT2D eigenvalue weighted by Crippen LogP contribution is -2.36. The van der Waals surface area contributed by atoms with E-state index in [2.05, 4.69) is 0 Å². The van der Waals surface area contributed by atoms with Crippen LogP contribution >= 0.6 is 0 Å². The first-order valence-corrected chi connectivity index (χ1v) is 4.26. The molecule has 1 rings (SSSR count). The Morgan fingerprint density at radius 2 is 1.92 bits per heavy atom. The van der Waals surface area contributed by atoms with E-state index in [1.165, 1.54) is 0 Å². The van der Waals surface area contributed by atoms with Gasteiger partial charge in [-0.2, -0.15) is 0 Å². The van der Waals surface area contributed by atoms with Gasteiger partial charge in [0.05, 0.1) is 6.10 Å². The van der Waals surface area contributed by atoms with E-state index in [1.54, 1.807) is 6.92 Å². The molecule has 0 unspecified atom stereocenters. The monoisotopic (exact) mass is 168 g/mol. The van der Waals surface area contributed by atoms with E-state index in [9.17, 15) is 9.90 Å². The minimum Gasteiger partial charge on any atom is -0.389 e. The fraction of sp³-hybridized carbons (Fsp3) is 0.700. The number of ketones is 1. The van der Waals surface area contributed by atoms with Gasteiger partial charge in [-0.15, -0.1) is 0 Å². The first-order chi connectivity index (χ1) is 5.36. The van der Waals surface area contributed by atoms with Crippen LogP contribution in [0.3, 0.4) is 0 Å². The third-order valence-electron chi connectivity index (χ3n) is 2.75. The van der Waals surface area contributed by atoms with Crippen molar-refractivity contribution >= 4 is 5.78 Å². The number of carbonyl (C=O) groups excluding carboxylic acids is 1. The summed E-state index contributed by atoms with van der Waals surface area (Å²) in [7, 11) is 0. The van der Waals surface area contributed by atoms with Gasteiger partial charge < -0.3 is 5.11 Å². The molecule has 0 saturated carbocycles. The highest BCUT2D eigenvalue weighted by Crippen LogP contribution is 2.35. The zero-order valence-corrected chi connectivity index (χ0v) is 8.14. The van der Waals surface area contributed by atoms with Crippen LogP contribution in [0.15, 0.2) is 11.1 Å². The smallest absolute Gasteiger partial charge is 0.164 e. The van der Waals surface area contributed by atoms with Crippen LogP contribution in [-0.4, -0.2) is 17.0 Å². The van der Waals surface area contributed by atoms with Crippen molar-refractivity contribution in [3.8, 4) is 0 Å². The molecule has 0 radical (unpaired) electrons. The summed E-state index contributed by atoms with van der Waals surface area (Å²) in [5.41, 5.74) is 1.18. The molecule has 0 heterocycles. The van der Waals surface area contributed by atoms with Crippen LogP contribution in [0.5, 0.6) is 0 Å². The van der Waals surface area contributed by atoms with Gasteiger partial charge in [-0.3, -0.25) is 4.79 Å². The highest BCUT2D eigenvalue weighted by atomic mass is 16.3. The van der Waals surface area contributed by atoms with Crippen molar-refractivity contribution in [1.29, 1.82) is 0 Å². The summed E-state index contributed by atoms with van der Waals surface area (Å²) < 4.78 is 0. The van der Waals surface area contributed by atoms with Crippen LogP contribution < -0.4 is 0 Å². The third kappa shape index (κ3) is 1.31. The number of aliphatic hydroxyl groups is 1. The lowest BCUT2D eigenvalue weighted by Gasteiger charge is -2.32. The maximum atomic E-state index is 11.6. The fourth-order valence-corrected chi connectivity index (χ4v) is 1.67. The van der Waals surface area contributed by atoms with Gasteiger partial charge in [0.15, 0.2) is 5.78 Å². The molecule has 0 aromatic heterocycles. The standard InChI is InChI=1S/C10H16O2/c1-6-7(2)9(12)10(3,4)5-8(6)11/h8,11H,5H2,1-4H3/t8-/m0/s1. The number of aliphatic hydroxyl groups excluding tert-OH is 1. The molecule has 1 aliphatic carbocycles. The van der Waals surface area contributed by atoms with Crippen LogP contribution in [-0.2, 0) is 4.79 Å². The van der Waals surface area contributed by atoms with Crippen molar-refractivity contribution in [3.05, 3.63) is 11.1 Å². The maximum absolute atomic E-state index is 11.6. The Morgan fingerprint density at radius 1 is 1.42 bits per heavy atom. The van der Waals surface area contributed by atoms with Gasteiger partial charge in [0.25, 0.3) is 0 Å². The Hall–Kier alpha value is -0.630. The van der Waals surface area contributed by atoms with Crippen molar-refractivity contribution in [2.45, 2.75) is 40.2 Å². The maximum Gasteiger partial charge on any atom is 0.164 e. The molecule has 2 nitrogen and oxygen atoms in total. The lowest BCUT2D eigenvalue weighted by atomic mass is 9.72. The highest BCUT2D eigenvalue weighted by Gasteiger charge is 2.36. The molecule has 0 aromatic carbocycles. The van der Waals surface area contributed by atoms with Gasteiger partial charge in [0.1, 0.15) is 0 Å². The average molecular weight is 168 g/mol. The number of Topliss-reactive ketones (excluding diaryl/α,β-unsaturated/α-hetero) is 1. The van der Waals surface area contributed by atoms with Crippen LogP contribution in [0.25, 0.3) is 0 Å². The Balaban J connectivity index is 3.10. The van der Waals surface area contributed by atoms with E-state index in [-0.39, 0.29) is 11.2 Å². The largest absolute Gasteiger partial charge is 0.389 e. The summed E-state index contributed by atoms with van der Waals surface area (Å²) in [6.45, 7) is 7.39. The lowest BCUT2D eigenvalue weighted by molar-refractivity contribution is -0.125. The van der Waals surface area contributed by atoms with Crippen LogP contribution in [0.1, 0.15) is 34.1 Å². The highest BCUT2D eigenvalue weighted by molar-refractivity contribution is 6.00. The van der Waals surface area contributed by atoms with E-state index < -0.39 is 6.10 Å². The molecular formula is C10H16O2. The molecule has 0 amide bonds. The van der Waals surface area contributed by atoms with Crippen molar-refractivity contribution < 1.29 is 9.90 Å². The Morgan fingerprint density at radius 3 is 2.42 bits per heavy atom. The van der Waals surface area contributed by atoms with Gasteiger partial charge in [-0.05, 0) is 31.4 Å². The summed E-state index contributed by atoms with van der Waals surface area (Å²) >= 11 is 0. The molecule has 1 atom stereocenters. The van der Waals surface area contributed by atoms with Crippen molar-refractivity contribution in [2.75, 3.05) is 0 Å².